The van der Waals surface area contributed by atoms with E-state index in [-0.39, 0.29) is 24.2 Å². The quantitative estimate of drug-likeness (QED) is 0.573. The second kappa shape index (κ2) is 9.15. The van der Waals surface area contributed by atoms with Crippen molar-refractivity contribution < 1.29 is 9.59 Å². The number of anilines is 1. The lowest BCUT2D eigenvalue weighted by Gasteiger charge is -2.31. The van der Waals surface area contributed by atoms with Crippen molar-refractivity contribution in [3.63, 3.8) is 0 Å². The highest BCUT2D eigenvalue weighted by atomic mass is 79.9. The SMILES string of the molecule is O=C(Nc1nccs1)C1CCCN(C(=O)Cc2csc(-c3cccc(Br)c3)n2)C1. The van der Waals surface area contributed by atoms with Crippen molar-refractivity contribution in [3.8, 4) is 10.6 Å². The Hall–Kier alpha value is -2.10. The lowest BCUT2D eigenvalue weighted by atomic mass is 9.97. The number of nitrogens with zero attached hydrogens (tertiary/aromatic N) is 3. The van der Waals surface area contributed by atoms with Gasteiger partial charge in [-0.2, -0.15) is 0 Å². The van der Waals surface area contributed by atoms with Gasteiger partial charge in [0.2, 0.25) is 11.8 Å². The van der Waals surface area contributed by atoms with Crippen LogP contribution in [0.3, 0.4) is 0 Å². The zero-order valence-corrected chi connectivity index (χ0v) is 18.7. The largest absolute Gasteiger partial charge is 0.342 e. The van der Waals surface area contributed by atoms with Crippen LogP contribution in [0.1, 0.15) is 18.5 Å². The zero-order valence-electron chi connectivity index (χ0n) is 15.5. The number of aromatic nitrogens is 2. The summed E-state index contributed by atoms with van der Waals surface area (Å²) in [7, 11) is 0. The molecule has 1 N–H and O–H groups in total. The molecule has 0 saturated carbocycles. The molecule has 0 spiro atoms. The first kappa shape index (κ1) is 20.2. The smallest absolute Gasteiger partial charge is 0.231 e. The van der Waals surface area contributed by atoms with Crippen molar-refractivity contribution in [1.29, 1.82) is 0 Å². The number of hydrogen-bond donors (Lipinski definition) is 1. The van der Waals surface area contributed by atoms with Crippen LogP contribution in [0.4, 0.5) is 5.13 Å². The van der Waals surface area contributed by atoms with Gasteiger partial charge in [-0.05, 0) is 25.0 Å². The predicted octanol–water partition coefficient (Wildman–Crippen LogP) is 4.45. The van der Waals surface area contributed by atoms with E-state index in [2.05, 4.69) is 31.2 Å². The highest BCUT2D eigenvalue weighted by Crippen LogP contribution is 2.27. The lowest BCUT2D eigenvalue weighted by molar-refractivity contribution is -0.134. The molecule has 0 bridgehead atoms. The van der Waals surface area contributed by atoms with E-state index < -0.39 is 0 Å². The fourth-order valence-corrected chi connectivity index (χ4v) is 5.07. The highest BCUT2D eigenvalue weighted by Gasteiger charge is 2.29. The van der Waals surface area contributed by atoms with Gasteiger partial charge in [-0.3, -0.25) is 9.59 Å². The van der Waals surface area contributed by atoms with E-state index in [1.54, 1.807) is 11.1 Å². The zero-order chi connectivity index (χ0) is 20.2. The Labute approximate surface area is 185 Å². The van der Waals surface area contributed by atoms with E-state index in [1.807, 2.05) is 35.0 Å². The average molecular weight is 491 g/mol. The summed E-state index contributed by atoms with van der Waals surface area (Å²) in [6.07, 6.45) is 3.52. The van der Waals surface area contributed by atoms with Crippen molar-refractivity contribution >= 4 is 55.5 Å². The van der Waals surface area contributed by atoms with Gasteiger partial charge in [0.15, 0.2) is 5.13 Å². The van der Waals surface area contributed by atoms with Crippen LogP contribution in [0.25, 0.3) is 10.6 Å². The number of hydrogen-bond acceptors (Lipinski definition) is 6. The second-order valence-electron chi connectivity index (χ2n) is 6.84. The van der Waals surface area contributed by atoms with Crippen molar-refractivity contribution in [2.75, 3.05) is 18.4 Å². The van der Waals surface area contributed by atoms with E-state index in [0.717, 1.165) is 33.6 Å². The Morgan fingerprint density at radius 3 is 3.00 bits per heavy atom. The molecule has 1 unspecified atom stereocenters. The van der Waals surface area contributed by atoms with Gasteiger partial charge in [0.05, 0.1) is 18.0 Å². The van der Waals surface area contributed by atoms with Crippen LogP contribution >= 0.6 is 38.6 Å². The molecular formula is C20H19BrN4O2S2. The number of carbonyl (C=O) groups excluding carboxylic acids is 2. The topological polar surface area (TPSA) is 75.2 Å². The molecule has 1 fully saturated rings. The van der Waals surface area contributed by atoms with Crippen LogP contribution in [0.5, 0.6) is 0 Å². The molecular weight excluding hydrogens is 472 g/mol. The number of rotatable bonds is 5. The van der Waals surface area contributed by atoms with E-state index in [0.29, 0.717) is 18.2 Å². The maximum Gasteiger partial charge on any atom is 0.231 e. The van der Waals surface area contributed by atoms with Gasteiger partial charge < -0.3 is 10.2 Å². The fourth-order valence-electron chi connectivity index (χ4n) is 3.32. The van der Waals surface area contributed by atoms with E-state index in [1.165, 1.54) is 22.7 Å². The summed E-state index contributed by atoms with van der Waals surface area (Å²) in [6, 6.07) is 7.96. The van der Waals surface area contributed by atoms with Gasteiger partial charge in [0.25, 0.3) is 0 Å². The summed E-state index contributed by atoms with van der Waals surface area (Å²) in [4.78, 5) is 35.8. The normalized spacial score (nSPS) is 16.6. The summed E-state index contributed by atoms with van der Waals surface area (Å²) in [5, 5.41) is 8.09. The molecule has 1 aliphatic heterocycles. The summed E-state index contributed by atoms with van der Waals surface area (Å²) in [6.45, 7) is 1.13. The number of amides is 2. The third-order valence-electron chi connectivity index (χ3n) is 4.76. The third-order valence-corrected chi connectivity index (χ3v) is 6.88. The monoisotopic (exact) mass is 490 g/mol. The number of carbonyl (C=O) groups is 2. The van der Waals surface area contributed by atoms with Crippen molar-refractivity contribution in [2.45, 2.75) is 19.3 Å². The number of nitrogens with one attached hydrogen (secondary N) is 1. The van der Waals surface area contributed by atoms with Crippen LogP contribution in [-0.4, -0.2) is 39.8 Å². The molecule has 29 heavy (non-hydrogen) atoms. The van der Waals surface area contributed by atoms with Crippen molar-refractivity contribution in [3.05, 3.63) is 51.4 Å². The minimum Gasteiger partial charge on any atom is -0.342 e. The van der Waals surface area contributed by atoms with Crippen molar-refractivity contribution in [1.82, 2.24) is 14.9 Å². The first-order valence-corrected chi connectivity index (χ1v) is 11.8. The van der Waals surface area contributed by atoms with Gasteiger partial charge >= 0.3 is 0 Å². The molecule has 1 aromatic carbocycles. The highest BCUT2D eigenvalue weighted by molar-refractivity contribution is 9.10. The number of benzene rings is 1. The molecule has 4 rings (SSSR count). The van der Waals surface area contributed by atoms with E-state index in [4.69, 9.17) is 0 Å². The van der Waals surface area contributed by atoms with Gasteiger partial charge in [0, 0.05) is 40.1 Å². The third kappa shape index (κ3) is 5.09. The molecule has 3 heterocycles. The molecule has 3 aromatic rings. The lowest BCUT2D eigenvalue weighted by Crippen LogP contribution is -2.44. The number of piperidine rings is 1. The minimum absolute atomic E-state index is 0.0165. The Balaban J connectivity index is 1.36. The van der Waals surface area contributed by atoms with Gasteiger partial charge in [-0.25, -0.2) is 9.97 Å². The fraction of sp³-hybridized carbons (Fsp3) is 0.300. The van der Waals surface area contributed by atoms with Crippen LogP contribution in [-0.2, 0) is 16.0 Å². The second-order valence-corrected chi connectivity index (χ2v) is 9.50. The summed E-state index contributed by atoms with van der Waals surface area (Å²) < 4.78 is 0.998. The van der Waals surface area contributed by atoms with Crippen molar-refractivity contribution in [2.24, 2.45) is 5.92 Å². The summed E-state index contributed by atoms with van der Waals surface area (Å²) in [5.74, 6) is -0.254. The molecule has 6 nitrogen and oxygen atoms in total. The standard InChI is InChI=1S/C20H19BrN4O2S2/c21-15-5-1-3-13(9-15)19-23-16(12-29-19)10-17(26)25-7-2-4-14(11-25)18(27)24-20-22-6-8-28-20/h1,3,5-6,8-9,12,14H,2,4,7,10-11H2,(H,22,24,27). The molecule has 0 aliphatic carbocycles. The first-order chi connectivity index (χ1) is 14.1. The van der Waals surface area contributed by atoms with Gasteiger partial charge in [-0.1, -0.05) is 28.1 Å². The molecule has 1 atom stereocenters. The van der Waals surface area contributed by atoms with E-state index >= 15 is 0 Å². The summed E-state index contributed by atoms with van der Waals surface area (Å²) >= 11 is 6.40. The first-order valence-electron chi connectivity index (χ1n) is 9.27. The molecule has 1 aliphatic rings. The molecule has 2 aromatic heterocycles. The molecule has 1 saturated heterocycles. The Morgan fingerprint density at radius 1 is 1.31 bits per heavy atom. The number of thiazole rings is 2. The maximum atomic E-state index is 12.8. The summed E-state index contributed by atoms with van der Waals surface area (Å²) in [5.41, 5.74) is 1.80. The van der Waals surface area contributed by atoms with Gasteiger partial charge in [0.1, 0.15) is 5.01 Å². The van der Waals surface area contributed by atoms with Crippen LogP contribution in [0, 0.1) is 5.92 Å². The molecule has 0 radical (unpaired) electrons. The Kier molecular flexibility index (Phi) is 6.37. The van der Waals surface area contributed by atoms with Gasteiger partial charge in [-0.15, -0.1) is 22.7 Å². The molecule has 150 valence electrons. The van der Waals surface area contributed by atoms with Crippen LogP contribution in [0.15, 0.2) is 45.7 Å². The predicted molar refractivity (Wildman–Crippen MR) is 119 cm³/mol. The number of likely N-dealkylation sites (tertiary alicyclic amines) is 1. The Morgan fingerprint density at radius 2 is 2.21 bits per heavy atom. The van der Waals surface area contributed by atoms with Crippen LogP contribution < -0.4 is 5.32 Å². The molecule has 2 amide bonds. The molecule has 9 heteroatoms. The minimum atomic E-state index is -0.204. The number of halogens is 1. The Bertz CT molecular complexity index is 1010. The van der Waals surface area contributed by atoms with Crippen LogP contribution in [0.2, 0.25) is 0 Å². The average Bonchev–Trinajstić information content (AvgIpc) is 3.40. The van der Waals surface area contributed by atoms with E-state index in [9.17, 15) is 9.59 Å². The maximum absolute atomic E-state index is 12.8.